The van der Waals surface area contributed by atoms with Crippen LogP contribution < -0.4 is 5.32 Å². The highest BCUT2D eigenvalue weighted by Crippen LogP contribution is 2.35. The smallest absolute Gasteiger partial charge is 0.0493 e. The molecule has 3 heteroatoms. The fraction of sp³-hybridized carbons (Fsp3) is 0.231. The van der Waals surface area contributed by atoms with E-state index in [-0.39, 0.29) is 0 Å². The number of halogens is 1. The van der Waals surface area contributed by atoms with E-state index in [2.05, 4.69) is 23.5 Å². The molecule has 16 heavy (non-hydrogen) atoms. The number of benzene rings is 1. The minimum atomic E-state index is 0.856. The molecule has 0 unspecified atom stereocenters. The van der Waals surface area contributed by atoms with Gasteiger partial charge in [-0.3, -0.25) is 0 Å². The van der Waals surface area contributed by atoms with Crippen LogP contribution in [0.1, 0.15) is 11.3 Å². The third kappa shape index (κ3) is 1.77. The predicted octanol–water partition coefficient (Wildman–Crippen LogP) is 3.93. The summed E-state index contributed by atoms with van der Waals surface area (Å²) in [4.78, 5) is 1.37. The fourth-order valence-corrected chi connectivity index (χ4v) is 3.47. The number of hydrogen-bond acceptors (Lipinski definition) is 2. The van der Waals surface area contributed by atoms with Gasteiger partial charge >= 0.3 is 0 Å². The number of hydrogen-bond donors (Lipinski definition) is 1. The highest BCUT2D eigenvalue weighted by molar-refractivity contribution is 7.20. The highest BCUT2D eigenvalue weighted by atomic mass is 35.5. The Balaban J connectivity index is 2.11. The van der Waals surface area contributed by atoms with E-state index < -0.39 is 0 Å². The van der Waals surface area contributed by atoms with Crippen LogP contribution in [0.3, 0.4) is 0 Å². The maximum absolute atomic E-state index is 6.18. The largest absolute Gasteiger partial charge is 0.313 e. The summed E-state index contributed by atoms with van der Waals surface area (Å²) in [5.41, 5.74) is 1.45. The molecule has 1 aromatic heterocycles. The van der Waals surface area contributed by atoms with Gasteiger partial charge in [-0.05, 0) is 36.7 Å². The summed E-state index contributed by atoms with van der Waals surface area (Å²) in [6.07, 6.45) is 3.40. The molecule has 82 valence electrons. The monoisotopic (exact) mass is 249 g/mol. The Morgan fingerprint density at radius 2 is 2.25 bits per heavy atom. The SMILES string of the molecule is Clc1cccc2sc(C3=CCNCC3)cc12. The summed E-state index contributed by atoms with van der Waals surface area (Å²) in [7, 11) is 0. The fourth-order valence-electron chi connectivity index (χ4n) is 2.03. The van der Waals surface area contributed by atoms with E-state index in [1.165, 1.54) is 20.5 Å². The summed E-state index contributed by atoms with van der Waals surface area (Å²) >= 11 is 8.02. The zero-order chi connectivity index (χ0) is 11.0. The minimum Gasteiger partial charge on any atom is -0.313 e. The van der Waals surface area contributed by atoms with Crippen molar-refractivity contribution in [2.75, 3.05) is 13.1 Å². The van der Waals surface area contributed by atoms with E-state index in [4.69, 9.17) is 11.6 Å². The van der Waals surface area contributed by atoms with Crippen LogP contribution in [0.4, 0.5) is 0 Å². The molecular weight excluding hydrogens is 238 g/mol. The van der Waals surface area contributed by atoms with Crippen molar-refractivity contribution in [1.82, 2.24) is 5.32 Å². The molecule has 2 heterocycles. The van der Waals surface area contributed by atoms with Gasteiger partial charge in [0.2, 0.25) is 0 Å². The average Bonchev–Trinajstić information content (AvgIpc) is 2.76. The van der Waals surface area contributed by atoms with Gasteiger partial charge in [-0.15, -0.1) is 11.3 Å². The van der Waals surface area contributed by atoms with Gasteiger partial charge in [0.15, 0.2) is 0 Å². The lowest BCUT2D eigenvalue weighted by atomic mass is 10.1. The van der Waals surface area contributed by atoms with Gasteiger partial charge in [0.05, 0.1) is 0 Å². The second-order valence-electron chi connectivity index (χ2n) is 3.95. The highest BCUT2D eigenvalue weighted by Gasteiger charge is 2.10. The molecule has 0 fully saturated rings. The van der Waals surface area contributed by atoms with Crippen LogP contribution >= 0.6 is 22.9 Å². The lowest BCUT2D eigenvalue weighted by Gasteiger charge is -2.11. The van der Waals surface area contributed by atoms with Gasteiger partial charge in [-0.25, -0.2) is 0 Å². The molecule has 0 atom stereocenters. The number of rotatable bonds is 1. The van der Waals surface area contributed by atoms with E-state index >= 15 is 0 Å². The summed E-state index contributed by atoms with van der Waals surface area (Å²) in [5.74, 6) is 0. The topological polar surface area (TPSA) is 12.0 Å². The molecule has 1 aromatic carbocycles. The Morgan fingerprint density at radius 1 is 1.31 bits per heavy atom. The van der Waals surface area contributed by atoms with Crippen LogP contribution in [0.2, 0.25) is 5.02 Å². The quantitative estimate of drug-likeness (QED) is 0.808. The number of fused-ring (bicyclic) bond motifs is 1. The molecule has 0 aliphatic carbocycles. The molecule has 0 radical (unpaired) electrons. The lowest BCUT2D eigenvalue weighted by Crippen LogP contribution is -2.19. The van der Waals surface area contributed by atoms with Crippen molar-refractivity contribution in [3.05, 3.63) is 40.2 Å². The zero-order valence-corrected chi connectivity index (χ0v) is 10.4. The van der Waals surface area contributed by atoms with Crippen LogP contribution in [0.5, 0.6) is 0 Å². The lowest BCUT2D eigenvalue weighted by molar-refractivity contribution is 0.739. The molecule has 2 aromatic rings. The Bertz CT molecular complexity index is 556. The normalized spacial score (nSPS) is 16.4. The average molecular weight is 250 g/mol. The third-order valence-corrected chi connectivity index (χ3v) is 4.39. The molecule has 1 aliphatic heterocycles. The van der Waals surface area contributed by atoms with Gasteiger partial charge < -0.3 is 5.32 Å². The summed E-state index contributed by atoms with van der Waals surface area (Å²) in [5, 5.41) is 5.37. The Hall–Kier alpha value is -0.830. The van der Waals surface area contributed by atoms with Crippen LogP contribution in [-0.4, -0.2) is 13.1 Å². The van der Waals surface area contributed by atoms with Gasteiger partial charge in [0.25, 0.3) is 0 Å². The first kappa shape index (κ1) is 10.3. The number of thiophene rings is 1. The van der Waals surface area contributed by atoms with Gasteiger partial charge in [-0.1, -0.05) is 23.7 Å². The molecule has 0 bridgehead atoms. The van der Waals surface area contributed by atoms with E-state index in [1.54, 1.807) is 0 Å². The van der Waals surface area contributed by atoms with E-state index in [9.17, 15) is 0 Å². The van der Waals surface area contributed by atoms with Crippen molar-refractivity contribution in [3.8, 4) is 0 Å². The molecule has 1 nitrogen and oxygen atoms in total. The first-order valence-corrected chi connectivity index (χ1v) is 6.62. The molecular formula is C13H12ClNS. The molecule has 1 aliphatic rings. The molecule has 1 N–H and O–H groups in total. The van der Waals surface area contributed by atoms with Gasteiger partial charge in [-0.2, -0.15) is 0 Å². The van der Waals surface area contributed by atoms with Crippen LogP contribution in [0.15, 0.2) is 30.3 Å². The van der Waals surface area contributed by atoms with E-state index in [1.807, 2.05) is 23.5 Å². The number of nitrogens with one attached hydrogen (secondary N) is 1. The first-order valence-electron chi connectivity index (χ1n) is 5.43. The van der Waals surface area contributed by atoms with E-state index in [0.717, 1.165) is 24.5 Å². The standard InChI is InChI=1S/C13H12ClNS/c14-11-2-1-3-12-10(11)8-13(16-12)9-4-6-15-7-5-9/h1-4,8,15H,5-7H2. The van der Waals surface area contributed by atoms with Crippen molar-refractivity contribution in [2.24, 2.45) is 0 Å². The summed E-state index contributed by atoms with van der Waals surface area (Å²) in [6.45, 7) is 2.06. The third-order valence-electron chi connectivity index (χ3n) is 2.89. The van der Waals surface area contributed by atoms with Crippen molar-refractivity contribution in [2.45, 2.75) is 6.42 Å². The summed E-state index contributed by atoms with van der Waals surface area (Å²) in [6, 6.07) is 8.33. The van der Waals surface area contributed by atoms with Crippen molar-refractivity contribution in [3.63, 3.8) is 0 Å². The van der Waals surface area contributed by atoms with Crippen LogP contribution in [-0.2, 0) is 0 Å². The van der Waals surface area contributed by atoms with E-state index in [0.29, 0.717) is 0 Å². The van der Waals surface area contributed by atoms with Crippen molar-refractivity contribution < 1.29 is 0 Å². The maximum Gasteiger partial charge on any atom is 0.0493 e. The summed E-state index contributed by atoms with van der Waals surface area (Å²) < 4.78 is 1.28. The molecule has 0 saturated heterocycles. The van der Waals surface area contributed by atoms with Gasteiger partial charge in [0, 0.05) is 26.5 Å². The molecule has 0 spiro atoms. The predicted molar refractivity (Wildman–Crippen MR) is 72.3 cm³/mol. The first-order chi connectivity index (χ1) is 7.84. The Labute approximate surface area is 104 Å². The molecule has 0 amide bonds. The molecule has 3 rings (SSSR count). The second kappa shape index (κ2) is 4.21. The van der Waals surface area contributed by atoms with Crippen LogP contribution in [0, 0.1) is 0 Å². The molecule has 0 saturated carbocycles. The minimum absolute atomic E-state index is 0.856. The Kier molecular flexibility index (Phi) is 2.72. The van der Waals surface area contributed by atoms with Gasteiger partial charge in [0.1, 0.15) is 0 Å². The van der Waals surface area contributed by atoms with Crippen molar-refractivity contribution in [1.29, 1.82) is 0 Å². The van der Waals surface area contributed by atoms with Crippen molar-refractivity contribution >= 4 is 38.6 Å². The van der Waals surface area contributed by atoms with Crippen LogP contribution in [0.25, 0.3) is 15.7 Å². The zero-order valence-electron chi connectivity index (χ0n) is 8.79. The maximum atomic E-state index is 6.18. The Morgan fingerprint density at radius 3 is 3.00 bits per heavy atom. The second-order valence-corrected chi connectivity index (χ2v) is 5.44.